The van der Waals surface area contributed by atoms with Crippen molar-refractivity contribution < 1.29 is 9.72 Å². The number of hydrogen-bond donors (Lipinski definition) is 2. The Balaban J connectivity index is 2.14. The maximum atomic E-state index is 12.0. The minimum atomic E-state index is -0.523. The SMILES string of the molecule is Cc1ccc([N+](=O)[O-])cc1C(=O)NCc1ccn[nH]1. The van der Waals surface area contributed by atoms with Crippen molar-refractivity contribution in [1.29, 1.82) is 0 Å². The summed E-state index contributed by atoms with van der Waals surface area (Å²) >= 11 is 0. The Bertz CT molecular complexity index is 607. The molecule has 0 aliphatic rings. The zero-order chi connectivity index (χ0) is 13.8. The molecule has 0 aliphatic carbocycles. The van der Waals surface area contributed by atoms with E-state index in [1.165, 1.54) is 12.1 Å². The number of carbonyl (C=O) groups excluding carboxylic acids is 1. The maximum absolute atomic E-state index is 12.0. The Kier molecular flexibility index (Phi) is 3.56. The largest absolute Gasteiger partial charge is 0.346 e. The van der Waals surface area contributed by atoms with E-state index in [4.69, 9.17) is 0 Å². The molecule has 0 radical (unpaired) electrons. The fraction of sp³-hybridized carbons (Fsp3) is 0.167. The van der Waals surface area contributed by atoms with E-state index < -0.39 is 4.92 Å². The van der Waals surface area contributed by atoms with Gasteiger partial charge in [-0.2, -0.15) is 5.10 Å². The second kappa shape index (κ2) is 5.30. The van der Waals surface area contributed by atoms with E-state index in [2.05, 4.69) is 15.5 Å². The van der Waals surface area contributed by atoms with Gasteiger partial charge in [-0.25, -0.2) is 0 Å². The predicted octanol–water partition coefficient (Wildman–Crippen LogP) is 1.56. The van der Waals surface area contributed by atoms with E-state index in [1.54, 1.807) is 25.3 Å². The zero-order valence-corrected chi connectivity index (χ0v) is 10.2. The van der Waals surface area contributed by atoms with E-state index in [-0.39, 0.29) is 11.6 Å². The number of carbonyl (C=O) groups is 1. The van der Waals surface area contributed by atoms with Crippen LogP contribution in [-0.2, 0) is 6.54 Å². The summed E-state index contributed by atoms with van der Waals surface area (Å²) in [6.45, 7) is 2.02. The van der Waals surface area contributed by atoms with Gasteiger partial charge in [-0.3, -0.25) is 20.0 Å². The van der Waals surface area contributed by atoms with Crippen molar-refractivity contribution in [3.05, 3.63) is 57.4 Å². The number of H-pyrrole nitrogens is 1. The van der Waals surface area contributed by atoms with Crippen molar-refractivity contribution in [1.82, 2.24) is 15.5 Å². The van der Waals surface area contributed by atoms with Gasteiger partial charge in [0.1, 0.15) is 0 Å². The van der Waals surface area contributed by atoms with Gasteiger partial charge in [-0.05, 0) is 18.6 Å². The molecule has 1 aromatic heterocycles. The molecule has 7 nitrogen and oxygen atoms in total. The number of rotatable bonds is 4. The molecule has 0 atom stereocenters. The first-order valence-electron chi connectivity index (χ1n) is 5.59. The maximum Gasteiger partial charge on any atom is 0.270 e. The van der Waals surface area contributed by atoms with Gasteiger partial charge in [-0.15, -0.1) is 0 Å². The van der Waals surface area contributed by atoms with E-state index >= 15 is 0 Å². The number of aromatic nitrogens is 2. The number of hydrogen-bond acceptors (Lipinski definition) is 4. The number of benzene rings is 1. The third kappa shape index (κ3) is 2.95. The van der Waals surface area contributed by atoms with Crippen molar-refractivity contribution in [3.63, 3.8) is 0 Å². The summed E-state index contributed by atoms with van der Waals surface area (Å²) in [5.74, 6) is -0.351. The molecule has 0 bridgehead atoms. The first-order valence-corrected chi connectivity index (χ1v) is 5.59. The van der Waals surface area contributed by atoms with Crippen LogP contribution in [0.1, 0.15) is 21.6 Å². The Morgan fingerprint density at radius 2 is 2.26 bits per heavy atom. The van der Waals surface area contributed by atoms with Crippen LogP contribution in [0.15, 0.2) is 30.5 Å². The molecule has 19 heavy (non-hydrogen) atoms. The average molecular weight is 260 g/mol. The Hall–Kier alpha value is -2.70. The quantitative estimate of drug-likeness (QED) is 0.643. The molecule has 2 N–H and O–H groups in total. The van der Waals surface area contributed by atoms with Crippen LogP contribution in [0.4, 0.5) is 5.69 Å². The lowest BCUT2D eigenvalue weighted by Gasteiger charge is -2.06. The van der Waals surface area contributed by atoms with E-state index in [9.17, 15) is 14.9 Å². The first-order chi connectivity index (χ1) is 9.08. The Morgan fingerprint density at radius 1 is 1.47 bits per heavy atom. The summed E-state index contributed by atoms with van der Waals surface area (Å²) in [7, 11) is 0. The molecule has 2 aromatic rings. The highest BCUT2D eigenvalue weighted by molar-refractivity contribution is 5.96. The Morgan fingerprint density at radius 3 is 2.89 bits per heavy atom. The number of amides is 1. The topological polar surface area (TPSA) is 101 Å². The third-order valence-electron chi connectivity index (χ3n) is 2.67. The van der Waals surface area contributed by atoms with Crippen LogP contribution >= 0.6 is 0 Å². The van der Waals surface area contributed by atoms with Crippen LogP contribution in [0, 0.1) is 17.0 Å². The molecule has 1 heterocycles. The number of aromatic amines is 1. The molecule has 0 saturated heterocycles. The van der Waals surface area contributed by atoms with Crippen LogP contribution in [0.3, 0.4) is 0 Å². The predicted molar refractivity (Wildman–Crippen MR) is 67.6 cm³/mol. The van der Waals surface area contributed by atoms with Gasteiger partial charge in [0.15, 0.2) is 0 Å². The second-order valence-electron chi connectivity index (χ2n) is 4.02. The highest BCUT2D eigenvalue weighted by Crippen LogP contribution is 2.17. The molecular formula is C12H12N4O3. The van der Waals surface area contributed by atoms with Gasteiger partial charge in [-0.1, -0.05) is 6.07 Å². The molecule has 7 heteroatoms. The molecule has 1 amide bonds. The lowest BCUT2D eigenvalue weighted by atomic mass is 10.1. The van der Waals surface area contributed by atoms with E-state index in [0.29, 0.717) is 17.7 Å². The van der Waals surface area contributed by atoms with Crippen molar-refractivity contribution in [2.24, 2.45) is 0 Å². The molecule has 0 saturated carbocycles. The lowest BCUT2D eigenvalue weighted by molar-refractivity contribution is -0.384. The molecule has 0 spiro atoms. The van der Waals surface area contributed by atoms with Crippen LogP contribution in [-0.4, -0.2) is 21.0 Å². The zero-order valence-electron chi connectivity index (χ0n) is 10.2. The van der Waals surface area contributed by atoms with Crippen molar-refractivity contribution >= 4 is 11.6 Å². The number of nitro benzene ring substituents is 1. The first kappa shape index (κ1) is 12.7. The summed E-state index contributed by atoms with van der Waals surface area (Å²) in [5, 5.41) is 19.8. The number of nitrogens with zero attached hydrogens (tertiary/aromatic N) is 2. The summed E-state index contributed by atoms with van der Waals surface area (Å²) < 4.78 is 0. The molecule has 98 valence electrons. The van der Waals surface area contributed by atoms with Crippen molar-refractivity contribution in [2.75, 3.05) is 0 Å². The van der Waals surface area contributed by atoms with Crippen molar-refractivity contribution in [3.8, 4) is 0 Å². The molecular weight excluding hydrogens is 248 g/mol. The fourth-order valence-electron chi connectivity index (χ4n) is 1.62. The number of nitrogens with one attached hydrogen (secondary N) is 2. The summed E-state index contributed by atoms with van der Waals surface area (Å²) in [6.07, 6.45) is 1.58. The highest BCUT2D eigenvalue weighted by atomic mass is 16.6. The average Bonchev–Trinajstić information content (AvgIpc) is 2.89. The van der Waals surface area contributed by atoms with Crippen LogP contribution in [0.2, 0.25) is 0 Å². The number of nitro groups is 1. The van der Waals surface area contributed by atoms with E-state index in [0.717, 1.165) is 5.69 Å². The molecule has 0 unspecified atom stereocenters. The molecule has 0 aliphatic heterocycles. The second-order valence-corrected chi connectivity index (χ2v) is 4.02. The van der Waals surface area contributed by atoms with Gasteiger partial charge in [0.2, 0.25) is 0 Å². The monoisotopic (exact) mass is 260 g/mol. The minimum Gasteiger partial charge on any atom is -0.346 e. The molecule has 0 fully saturated rings. The Labute approximate surface area is 108 Å². The fourth-order valence-corrected chi connectivity index (χ4v) is 1.62. The van der Waals surface area contributed by atoms with Crippen LogP contribution < -0.4 is 5.32 Å². The molecule has 1 aromatic carbocycles. The number of non-ortho nitro benzene ring substituents is 1. The summed E-state index contributed by atoms with van der Waals surface area (Å²) in [4.78, 5) is 22.1. The number of aryl methyl sites for hydroxylation is 1. The van der Waals surface area contributed by atoms with Gasteiger partial charge in [0.05, 0.1) is 17.2 Å². The lowest BCUT2D eigenvalue weighted by Crippen LogP contribution is -2.23. The smallest absolute Gasteiger partial charge is 0.270 e. The van der Waals surface area contributed by atoms with Gasteiger partial charge >= 0.3 is 0 Å². The van der Waals surface area contributed by atoms with Gasteiger partial charge < -0.3 is 5.32 Å². The standard InChI is InChI=1S/C12H12N4O3/c1-8-2-3-10(16(18)19)6-11(8)12(17)13-7-9-4-5-14-15-9/h2-6H,7H2,1H3,(H,13,17)(H,14,15). The summed E-state index contributed by atoms with van der Waals surface area (Å²) in [5.41, 5.74) is 1.65. The van der Waals surface area contributed by atoms with Crippen LogP contribution in [0.25, 0.3) is 0 Å². The van der Waals surface area contributed by atoms with Crippen LogP contribution in [0.5, 0.6) is 0 Å². The normalized spacial score (nSPS) is 10.2. The van der Waals surface area contributed by atoms with Gasteiger partial charge in [0.25, 0.3) is 11.6 Å². The minimum absolute atomic E-state index is 0.0997. The van der Waals surface area contributed by atoms with Crippen molar-refractivity contribution in [2.45, 2.75) is 13.5 Å². The van der Waals surface area contributed by atoms with E-state index in [1.807, 2.05) is 0 Å². The summed E-state index contributed by atoms with van der Waals surface area (Å²) in [6, 6.07) is 5.95. The third-order valence-corrected chi connectivity index (χ3v) is 2.67. The molecule has 2 rings (SSSR count). The highest BCUT2D eigenvalue weighted by Gasteiger charge is 2.14. The van der Waals surface area contributed by atoms with Gasteiger partial charge in [0, 0.05) is 23.9 Å².